The van der Waals surface area contributed by atoms with Crippen molar-refractivity contribution in [2.45, 2.75) is 62.7 Å². The minimum atomic E-state index is -1.18. The number of aliphatic hydroxyl groups excluding tert-OH is 1. The van der Waals surface area contributed by atoms with Gasteiger partial charge in [0.2, 0.25) is 5.91 Å². The van der Waals surface area contributed by atoms with Gasteiger partial charge in [-0.15, -0.1) is 6.58 Å². The van der Waals surface area contributed by atoms with Gasteiger partial charge in [-0.05, 0) is 62.8 Å². The number of likely N-dealkylation sites (tertiary alicyclic amines) is 1. The molecule has 0 radical (unpaired) electrons. The Morgan fingerprint density at radius 3 is 2.56 bits per heavy atom. The lowest BCUT2D eigenvalue weighted by molar-refractivity contribution is -0.155. The second-order valence-corrected chi connectivity index (χ2v) is 9.92. The van der Waals surface area contributed by atoms with E-state index in [-0.39, 0.29) is 25.0 Å². The van der Waals surface area contributed by atoms with Crippen molar-refractivity contribution in [3.8, 4) is 5.75 Å². The van der Waals surface area contributed by atoms with Gasteiger partial charge >= 0.3 is 5.97 Å². The standard InChI is InChI=1S/C27H36N2O7/c1-4-15-28(18-9-11-19(35-3)12-10-18)24(32)22-27-14-13-26(5-2,36-27)21(25(33)34)20(27)23(31)29(22)16-7-6-8-17-30/h4,9-12,20-22,30H,1,5-8,13-17H2,2-3H3,(H,33,34)/t20-,21-,22?,26+,27?/m0/s1. The molecule has 0 aliphatic carbocycles. The number of hydrogen-bond donors (Lipinski definition) is 2. The lowest BCUT2D eigenvalue weighted by Crippen LogP contribution is -2.56. The van der Waals surface area contributed by atoms with Gasteiger partial charge < -0.3 is 29.5 Å². The first kappa shape index (κ1) is 26.2. The van der Waals surface area contributed by atoms with Crippen molar-refractivity contribution in [2.24, 2.45) is 11.8 Å². The highest BCUT2D eigenvalue weighted by atomic mass is 16.5. The van der Waals surface area contributed by atoms with Gasteiger partial charge in [0.25, 0.3) is 5.91 Å². The van der Waals surface area contributed by atoms with Crippen LogP contribution in [0.2, 0.25) is 0 Å². The third kappa shape index (κ3) is 3.98. The van der Waals surface area contributed by atoms with Crippen molar-refractivity contribution >= 4 is 23.5 Å². The summed E-state index contributed by atoms with van der Waals surface area (Å²) in [5.74, 6) is -2.93. The molecule has 196 valence electrons. The highest BCUT2D eigenvalue weighted by Gasteiger charge is 2.79. The number of fused-ring (bicyclic) bond motifs is 1. The number of benzene rings is 1. The van der Waals surface area contributed by atoms with Crippen LogP contribution in [-0.2, 0) is 19.1 Å². The fourth-order valence-corrected chi connectivity index (χ4v) is 6.55. The number of methoxy groups -OCH3 is 1. The van der Waals surface area contributed by atoms with Crippen LogP contribution >= 0.6 is 0 Å². The van der Waals surface area contributed by atoms with Gasteiger partial charge in [0, 0.05) is 25.4 Å². The quantitative estimate of drug-likeness (QED) is 0.335. The predicted octanol–water partition coefficient (Wildman–Crippen LogP) is 2.62. The van der Waals surface area contributed by atoms with E-state index in [0.717, 1.165) is 0 Å². The summed E-state index contributed by atoms with van der Waals surface area (Å²) in [4.78, 5) is 43.7. The van der Waals surface area contributed by atoms with Gasteiger partial charge in [-0.2, -0.15) is 0 Å². The van der Waals surface area contributed by atoms with Crippen LogP contribution < -0.4 is 9.64 Å². The zero-order valence-electron chi connectivity index (χ0n) is 21.0. The second-order valence-electron chi connectivity index (χ2n) is 9.92. The van der Waals surface area contributed by atoms with Crippen molar-refractivity contribution < 1.29 is 34.1 Å². The smallest absolute Gasteiger partial charge is 0.310 e. The van der Waals surface area contributed by atoms with Crippen molar-refractivity contribution in [3.05, 3.63) is 36.9 Å². The molecule has 4 rings (SSSR count). The number of carboxylic acids is 1. The molecule has 2 bridgehead atoms. The SMILES string of the molecule is C=CCN(C(=O)C1N(CCCCCO)C(=O)[C@@H]2[C@@H](C(=O)O)[C@@]3(CC)CCC12O3)c1ccc(OC)cc1. The molecule has 0 aromatic heterocycles. The van der Waals surface area contributed by atoms with Crippen LogP contribution in [0.15, 0.2) is 36.9 Å². The molecule has 2 amide bonds. The van der Waals surface area contributed by atoms with E-state index in [0.29, 0.717) is 56.5 Å². The molecular weight excluding hydrogens is 464 g/mol. The van der Waals surface area contributed by atoms with E-state index >= 15 is 0 Å². The summed E-state index contributed by atoms with van der Waals surface area (Å²) >= 11 is 0. The van der Waals surface area contributed by atoms with Gasteiger partial charge in [-0.25, -0.2) is 0 Å². The number of amides is 2. The Labute approximate surface area is 211 Å². The molecule has 5 atom stereocenters. The highest BCUT2D eigenvalue weighted by molar-refractivity contribution is 6.04. The molecular formula is C27H36N2O7. The van der Waals surface area contributed by atoms with E-state index in [9.17, 15) is 19.5 Å². The monoisotopic (exact) mass is 500 g/mol. The summed E-state index contributed by atoms with van der Waals surface area (Å²) in [7, 11) is 1.57. The molecule has 1 aromatic rings. The minimum absolute atomic E-state index is 0.0523. The van der Waals surface area contributed by atoms with Gasteiger partial charge in [-0.1, -0.05) is 13.0 Å². The van der Waals surface area contributed by atoms with E-state index in [2.05, 4.69) is 6.58 Å². The second kappa shape index (κ2) is 10.2. The van der Waals surface area contributed by atoms with Crippen LogP contribution in [0.3, 0.4) is 0 Å². The van der Waals surface area contributed by atoms with Crippen molar-refractivity contribution in [3.63, 3.8) is 0 Å². The molecule has 2 N–H and O–H groups in total. The zero-order chi connectivity index (χ0) is 26.1. The summed E-state index contributed by atoms with van der Waals surface area (Å²) in [6.07, 6.45) is 4.92. The number of carbonyl (C=O) groups is 3. The van der Waals surface area contributed by atoms with Crippen LogP contribution in [0, 0.1) is 11.8 Å². The highest BCUT2D eigenvalue weighted by Crippen LogP contribution is 2.64. The largest absolute Gasteiger partial charge is 0.497 e. The number of nitrogens with zero attached hydrogens (tertiary/aromatic N) is 2. The van der Waals surface area contributed by atoms with Gasteiger partial charge in [-0.3, -0.25) is 14.4 Å². The van der Waals surface area contributed by atoms with Gasteiger partial charge in [0.05, 0.1) is 18.6 Å². The molecule has 36 heavy (non-hydrogen) atoms. The number of carboxylic acid groups (broad SMARTS) is 1. The first-order valence-electron chi connectivity index (χ1n) is 12.7. The first-order chi connectivity index (χ1) is 17.3. The number of carbonyl (C=O) groups excluding carboxylic acids is 2. The topological polar surface area (TPSA) is 117 Å². The molecule has 9 nitrogen and oxygen atoms in total. The van der Waals surface area contributed by atoms with Gasteiger partial charge in [0.15, 0.2) is 0 Å². The summed E-state index contributed by atoms with van der Waals surface area (Å²) < 4.78 is 11.8. The normalized spacial score (nSPS) is 30.4. The van der Waals surface area contributed by atoms with Crippen LogP contribution in [0.5, 0.6) is 5.75 Å². The molecule has 1 spiro atoms. The Kier molecular flexibility index (Phi) is 7.43. The number of anilines is 1. The van der Waals surface area contributed by atoms with Crippen LogP contribution in [0.25, 0.3) is 0 Å². The molecule has 0 saturated carbocycles. The molecule has 3 aliphatic rings. The fourth-order valence-electron chi connectivity index (χ4n) is 6.55. The molecule has 9 heteroatoms. The fraction of sp³-hybridized carbons (Fsp3) is 0.593. The Balaban J connectivity index is 1.76. The van der Waals surface area contributed by atoms with E-state index in [4.69, 9.17) is 14.6 Å². The van der Waals surface area contributed by atoms with Crippen LogP contribution in [-0.4, -0.2) is 76.9 Å². The zero-order valence-corrected chi connectivity index (χ0v) is 21.0. The molecule has 3 fully saturated rings. The molecule has 1 aromatic carbocycles. The summed E-state index contributed by atoms with van der Waals surface area (Å²) in [6.45, 7) is 6.26. The average molecular weight is 501 g/mol. The molecule has 2 unspecified atom stereocenters. The van der Waals surface area contributed by atoms with E-state index in [1.165, 1.54) is 0 Å². The van der Waals surface area contributed by atoms with Gasteiger partial charge in [0.1, 0.15) is 23.3 Å². The van der Waals surface area contributed by atoms with E-state index in [1.54, 1.807) is 47.3 Å². The summed E-state index contributed by atoms with van der Waals surface area (Å²) in [6, 6.07) is 6.13. The Hall–Kier alpha value is -2.91. The van der Waals surface area contributed by atoms with Crippen LogP contribution in [0.4, 0.5) is 5.69 Å². The third-order valence-corrected chi connectivity index (χ3v) is 8.20. The summed E-state index contributed by atoms with van der Waals surface area (Å²) in [5, 5.41) is 19.3. The number of unbranched alkanes of at least 4 members (excludes halogenated alkanes) is 2. The van der Waals surface area contributed by atoms with Crippen LogP contribution in [0.1, 0.15) is 45.4 Å². The van der Waals surface area contributed by atoms with Crippen molar-refractivity contribution in [1.82, 2.24) is 4.90 Å². The maximum Gasteiger partial charge on any atom is 0.310 e. The molecule has 3 heterocycles. The third-order valence-electron chi connectivity index (χ3n) is 8.20. The lowest BCUT2D eigenvalue weighted by Gasteiger charge is -2.37. The first-order valence-corrected chi connectivity index (χ1v) is 12.7. The Morgan fingerprint density at radius 2 is 1.97 bits per heavy atom. The maximum atomic E-state index is 14.3. The number of rotatable bonds is 12. The number of aliphatic carboxylic acids is 1. The van der Waals surface area contributed by atoms with E-state index < -0.39 is 35.0 Å². The minimum Gasteiger partial charge on any atom is -0.497 e. The Bertz CT molecular complexity index is 1010. The Morgan fingerprint density at radius 1 is 1.25 bits per heavy atom. The summed E-state index contributed by atoms with van der Waals surface area (Å²) in [5.41, 5.74) is -1.51. The molecule has 3 aliphatic heterocycles. The lowest BCUT2D eigenvalue weighted by atomic mass is 9.65. The number of ether oxygens (including phenoxy) is 2. The maximum absolute atomic E-state index is 14.3. The average Bonchev–Trinajstić information content (AvgIpc) is 3.48. The van der Waals surface area contributed by atoms with Crippen molar-refractivity contribution in [1.29, 1.82) is 0 Å². The number of aliphatic hydroxyl groups is 1. The molecule has 3 saturated heterocycles. The number of hydrogen-bond acceptors (Lipinski definition) is 6. The van der Waals surface area contributed by atoms with Crippen molar-refractivity contribution in [2.75, 3.05) is 31.7 Å². The van der Waals surface area contributed by atoms with E-state index in [1.807, 2.05) is 6.92 Å². The predicted molar refractivity (Wildman–Crippen MR) is 133 cm³/mol.